The van der Waals surface area contributed by atoms with Crippen LogP contribution in [0.5, 0.6) is 0 Å². The topological polar surface area (TPSA) is 151 Å². The second-order valence-corrected chi connectivity index (χ2v) is 5.73. The van der Waals surface area contributed by atoms with Gasteiger partial charge in [0, 0.05) is 32.5 Å². The van der Waals surface area contributed by atoms with Crippen LogP contribution in [0, 0.1) is 0 Å². The maximum atomic E-state index is 12.0. The number of nitrogens with zero attached hydrogens (tertiary/aromatic N) is 2. The van der Waals surface area contributed by atoms with E-state index in [0.717, 1.165) is 4.90 Å². The van der Waals surface area contributed by atoms with Gasteiger partial charge in [-0.1, -0.05) is 0 Å². The number of primary amides is 1. The van der Waals surface area contributed by atoms with Crippen molar-refractivity contribution in [1.29, 1.82) is 0 Å². The minimum absolute atomic E-state index is 0.144. The Morgan fingerprint density at radius 1 is 1.12 bits per heavy atom. The fourth-order valence-corrected chi connectivity index (χ4v) is 2.43. The van der Waals surface area contributed by atoms with Gasteiger partial charge in [0.1, 0.15) is 6.54 Å². The first-order chi connectivity index (χ1) is 11.9. The summed E-state index contributed by atoms with van der Waals surface area (Å²) >= 11 is 0. The number of ether oxygens (including phenoxy) is 1. The molecule has 2 fully saturated rings. The van der Waals surface area contributed by atoms with Gasteiger partial charge in [0.15, 0.2) is 0 Å². The first-order valence-corrected chi connectivity index (χ1v) is 7.89. The van der Waals surface area contributed by atoms with Crippen LogP contribution in [0.4, 0.5) is 4.79 Å². The lowest BCUT2D eigenvalue weighted by Gasteiger charge is -2.39. The standard InChI is InChI=1S/C14H21N5O6/c15-14(24)17-5-10(20)16-3-4-25-9-6-18(7-9)13(23)8-19-11(21)1-2-12(19)22/h9H,1-8H2,(H,16,20)(H3,15,17,24). The van der Waals surface area contributed by atoms with Gasteiger partial charge in [-0.2, -0.15) is 0 Å². The third kappa shape index (κ3) is 5.41. The van der Waals surface area contributed by atoms with Crippen LogP contribution in [0.15, 0.2) is 0 Å². The van der Waals surface area contributed by atoms with Gasteiger partial charge in [-0.25, -0.2) is 4.79 Å². The molecule has 0 bridgehead atoms. The molecule has 2 rings (SSSR count). The molecule has 25 heavy (non-hydrogen) atoms. The predicted octanol–water partition coefficient (Wildman–Crippen LogP) is -2.85. The molecule has 0 aliphatic carbocycles. The summed E-state index contributed by atoms with van der Waals surface area (Å²) in [4.78, 5) is 59.2. The van der Waals surface area contributed by atoms with Crippen molar-refractivity contribution >= 4 is 29.7 Å². The van der Waals surface area contributed by atoms with Crippen molar-refractivity contribution in [1.82, 2.24) is 20.4 Å². The van der Waals surface area contributed by atoms with Crippen molar-refractivity contribution in [2.24, 2.45) is 5.73 Å². The molecule has 0 aromatic heterocycles. The molecule has 0 radical (unpaired) electrons. The first-order valence-electron chi connectivity index (χ1n) is 7.89. The minimum Gasteiger partial charge on any atom is -0.373 e. The molecule has 11 heteroatoms. The number of nitrogens with two attached hydrogens (primary N) is 1. The van der Waals surface area contributed by atoms with Crippen molar-refractivity contribution in [3.63, 3.8) is 0 Å². The summed E-state index contributed by atoms with van der Waals surface area (Å²) in [6.07, 6.45) is 0.187. The molecule has 138 valence electrons. The van der Waals surface area contributed by atoms with Crippen molar-refractivity contribution in [2.75, 3.05) is 39.3 Å². The number of carbonyl (C=O) groups excluding carboxylic acids is 5. The number of carbonyl (C=O) groups is 5. The van der Waals surface area contributed by atoms with E-state index in [9.17, 15) is 24.0 Å². The maximum absolute atomic E-state index is 12.0. The summed E-state index contributed by atoms with van der Waals surface area (Å²) in [5.74, 6) is -1.29. The van der Waals surface area contributed by atoms with E-state index in [2.05, 4.69) is 10.6 Å². The van der Waals surface area contributed by atoms with Gasteiger partial charge >= 0.3 is 6.03 Å². The third-order valence-corrected chi connectivity index (χ3v) is 3.85. The van der Waals surface area contributed by atoms with Crippen LogP contribution in [-0.2, 0) is 23.9 Å². The molecule has 0 aromatic rings. The van der Waals surface area contributed by atoms with Gasteiger partial charge in [-0.3, -0.25) is 24.1 Å². The van der Waals surface area contributed by atoms with E-state index in [1.54, 1.807) is 0 Å². The second-order valence-electron chi connectivity index (χ2n) is 5.73. The molecular formula is C14H21N5O6. The van der Waals surface area contributed by atoms with E-state index in [1.165, 1.54) is 4.90 Å². The average molecular weight is 355 g/mol. The monoisotopic (exact) mass is 355 g/mol. The zero-order valence-corrected chi connectivity index (χ0v) is 13.7. The van der Waals surface area contributed by atoms with Crippen molar-refractivity contribution in [2.45, 2.75) is 18.9 Å². The number of likely N-dealkylation sites (tertiary alicyclic amines) is 2. The Morgan fingerprint density at radius 3 is 2.36 bits per heavy atom. The summed E-state index contributed by atoms with van der Waals surface area (Å²) in [5, 5.41) is 4.70. The van der Waals surface area contributed by atoms with E-state index < -0.39 is 6.03 Å². The highest BCUT2D eigenvalue weighted by atomic mass is 16.5. The number of nitrogens with one attached hydrogen (secondary N) is 2. The highest BCUT2D eigenvalue weighted by Crippen LogP contribution is 2.15. The van der Waals surface area contributed by atoms with Crippen molar-refractivity contribution < 1.29 is 28.7 Å². The first kappa shape index (κ1) is 18.6. The molecule has 0 saturated carbocycles. The Bertz CT molecular complexity index is 558. The number of imide groups is 1. The molecule has 0 aromatic carbocycles. The largest absolute Gasteiger partial charge is 0.373 e. The molecule has 2 heterocycles. The van der Waals surface area contributed by atoms with Gasteiger partial charge in [-0.15, -0.1) is 0 Å². The normalized spacial score (nSPS) is 17.4. The number of hydrogen-bond donors (Lipinski definition) is 3. The summed E-state index contributed by atoms with van der Waals surface area (Å²) in [6, 6.07) is -0.775. The van der Waals surface area contributed by atoms with E-state index >= 15 is 0 Å². The molecule has 2 saturated heterocycles. The van der Waals surface area contributed by atoms with Crippen LogP contribution < -0.4 is 16.4 Å². The molecule has 4 N–H and O–H groups in total. The fraction of sp³-hybridized carbons (Fsp3) is 0.643. The molecule has 0 spiro atoms. The number of hydrogen-bond acceptors (Lipinski definition) is 6. The van der Waals surface area contributed by atoms with Crippen LogP contribution in [0.3, 0.4) is 0 Å². The number of urea groups is 1. The Morgan fingerprint density at radius 2 is 1.76 bits per heavy atom. The van der Waals surface area contributed by atoms with E-state index in [1.807, 2.05) is 0 Å². The summed E-state index contributed by atoms with van der Waals surface area (Å²) in [5.41, 5.74) is 4.84. The van der Waals surface area contributed by atoms with E-state index in [0.29, 0.717) is 13.1 Å². The van der Waals surface area contributed by atoms with Gasteiger partial charge in [-0.05, 0) is 0 Å². The Balaban J connectivity index is 1.54. The summed E-state index contributed by atoms with van der Waals surface area (Å²) in [7, 11) is 0. The van der Waals surface area contributed by atoms with Crippen molar-refractivity contribution in [3.8, 4) is 0 Å². The van der Waals surface area contributed by atoms with Gasteiger partial charge in [0.05, 0.1) is 19.3 Å². The Labute approximate surface area is 143 Å². The fourth-order valence-electron chi connectivity index (χ4n) is 2.43. The van der Waals surface area contributed by atoms with Gasteiger partial charge in [0.2, 0.25) is 23.6 Å². The zero-order chi connectivity index (χ0) is 18.4. The van der Waals surface area contributed by atoms with Crippen LogP contribution >= 0.6 is 0 Å². The van der Waals surface area contributed by atoms with Crippen molar-refractivity contribution in [3.05, 3.63) is 0 Å². The van der Waals surface area contributed by atoms with Crippen LogP contribution in [-0.4, -0.2) is 84.9 Å². The zero-order valence-electron chi connectivity index (χ0n) is 13.7. The SMILES string of the molecule is NC(=O)NCC(=O)NCCOC1CN(C(=O)CN2C(=O)CCC2=O)C1. The Hall–Kier alpha value is -2.69. The quantitative estimate of drug-likeness (QED) is 0.315. The Kier molecular flexibility index (Phi) is 6.28. The van der Waals surface area contributed by atoms with Crippen LogP contribution in [0.2, 0.25) is 0 Å². The highest BCUT2D eigenvalue weighted by Gasteiger charge is 2.36. The molecule has 2 aliphatic rings. The predicted molar refractivity (Wildman–Crippen MR) is 82.9 cm³/mol. The summed E-state index contributed by atoms with van der Waals surface area (Å²) < 4.78 is 5.48. The van der Waals surface area contributed by atoms with Gasteiger partial charge < -0.3 is 26.0 Å². The lowest BCUT2D eigenvalue weighted by Crippen LogP contribution is -2.57. The number of rotatable bonds is 8. The highest BCUT2D eigenvalue weighted by molar-refractivity contribution is 6.04. The molecule has 6 amide bonds. The molecule has 0 unspecified atom stereocenters. The lowest BCUT2D eigenvalue weighted by atomic mass is 10.1. The molecule has 0 atom stereocenters. The molecule has 11 nitrogen and oxygen atoms in total. The number of amides is 6. The maximum Gasteiger partial charge on any atom is 0.312 e. The lowest BCUT2D eigenvalue weighted by molar-refractivity contribution is -0.152. The van der Waals surface area contributed by atoms with Gasteiger partial charge in [0.25, 0.3) is 0 Å². The smallest absolute Gasteiger partial charge is 0.312 e. The molecular weight excluding hydrogens is 334 g/mol. The van der Waals surface area contributed by atoms with Crippen LogP contribution in [0.25, 0.3) is 0 Å². The molecule has 2 aliphatic heterocycles. The third-order valence-electron chi connectivity index (χ3n) is 3.85. The van der Waals surface area contributed by atoms with E-state index in [4.69, 9.17) is 10.5 Å². The van der Waals surface area contributed by atoms with Crippen LogP contribution in [0.1, 0.15) is 12.8 Å². The van der Waals surface area contributed by atoms with E-state index in [-0.39, 0.29) is 68.8 Å². The summed E-state index contributed by atoms with van der Waals surface area (Å²) in [6.45, 7) is 0.874. The minimum atomic E-state index is -0.775. The second kappa shape index (κ2) is 8.42. The average Bonchev–Trinajstić information content (AvgIpc) is 2.82.